The van der Waals surface area contributed by atoms with Crippen molar-refractivity contribution in [1.82, 2.24) is 13.9 Å². The molecule has 1 saturated heterocycles. The third-order valence-corrected chi connectivity index (χ3v) is 8.38. The maximum Gasteiger partial charge on any atom is 0.347 e. The van der Waals surface area contributed by atoms with Crippen LogP contribution in [-0.2, 0) is 23.2 Å². The van der Waals surface area contributed by atoms with Crippen LogP contribution >= 0.6 is 0 Å². The van der Waals surface area contributed by atoms with E-state index in [1.54, 1.807) is 49.4 Å². The van der Waals surface area contributed by atoms with E-state index in [9.17, 15) is 24.3 Å². The Labute approximate surface area is 218 Å². The number of benzene rings is 2. The van der Waals surface area contributed by atoms with E-state index >= 15 is 0 Å². The molecule has 10 nitrogen and oxygen atoms in total. The molecule has 2 aliphatic heterocycles. The molecule has 0 spiro atoms. The van der Waals surface area contributed by atoms with Gasteiger partial charge in [0.25, 0.3) is 0 Å². The number of fused-ring (bicyclic) bond motifs is 4. The number of imide groups is 1. The number of aromatic nitrogens is 3. The molecule has 3 heterocycles. The zero-order valence-electron chi connectivity index (χ0n) is 21.3. The molecule has 10 heteroatoms. The van der Waals surface area contributed by atoms with Crippen molar-refractivity contribution in [3.8, 4) is 11.5 Å². The number of rotatable bonds is 4. The Morgan fingerprint density at radius 2 is 1.76 bits per heavy atom. The van der Waals surface area contributed by atoms with E-state index < -0.39 is 34.7 Å². The molecular formula is C28H28N4O6. The number of phenolic OH excluding ortho intramolecular Hbond substituents is 1. The van der Waals surface area contributed by atoms with Gasteiger partial charge in [0, 0.05) is 18.5 Å². The summed E-state index contributed by atoms with van der Waals surface area (Å²) in [5.74, 6) is -2.11. The Kier molecular flexibility index (Phi) is 5.27. The SMILES string of the molecule is CCOc1cccc([C@H]2C3=CCn4c(=O)n(C)c(=O)n4[C@@H]3C[C@H]3C(=O)N(c4ccccc4)C(=O)[C@@]23C)c1O. The lowest BCUT2D eigenvalue weighted by Crippen LogP contribution is -2.49. The van der Waals surface area contributed by atoms with Crippen molar-refractivity contribution in [2.24, 2.45) is 18.4 Å². The van der Waals surface area contributed by atoms with Crippen molar-refractivity contribution in [1.29, 1.82) is 0 Å². The normalized spacial score (nSPS) is 26.0. The van der Waals surface area contributed by atoms with Crippen molar-refractivity contribution in [3.63, 3.8) is 0 Å². The highest BCUT2D eigenvalue weighted by atomic mass is 16.5. The van der Waals surface area contributed by atoms with Gasteiger partial charge in [-0.1, -0.05) is 36.4 Å². The van der Waals surface area contributed by atoms with Gasteiger partial charge in [0.2, 0.25) is 11.8 Å². The van der Waals surface area contributed by atoms with Crippen molar-refractivity contribution in [2.45, 2.75) is 38.8 Å². The van der Waals surface area contributed by atoms with Gasteiger partial charge < -0.3 is 9.84 Å². The van der Waals surface area contributed by atoms with Crippen molar-refractivity contribution < 1.29 is 19.4 Å². The van der Waals surface area contributed by atoms with Crippen LogP contribution in [0.25, 0.3) is 0 Å². The minimum Gasteiger partial charge on any atom is -0.504 e. The molecule has 1 N–H and O–H groups in total. The molecule has 38 heavy (non-hydrogen) atoms. The first-order valence-electron chi connectivity index (χ1n) is 12.7. The topological polar surface area (TPSA) is 116 Å². The molecule has 0 radical (unpaired) electrons. The molecule has 0 bridgehead atoms. The minimum absolute atomic E-state index is 0.109. The number of allylic oxidation sites excluding steroid dienone is 2. The van der Waals surface area contributed by atoms with E-state index in [1.807, 2.05) is 19.1 Å². The summed E-state index contributed by atoms with van der Waals surface area (Å²) in [5.41, 5.74) is -0.562. The number of amides is 2. The van der Waals surface area contributed by atoms with Gasteiger partial charge in [-0.2, -0.15) is 0 Å². The fourth-order valence-corrected chi connectivity index (χ4v) is 6.60. The lowest BCUT2D eigenvalue weighted by molar-refractivity contribution is -0.129. The monoisotopic (exact) mass is 516 g/mol. The van der Waals surface area contributed by atoms with Gasteiger partial charge in [-0.05, 0) is 44.0 Å². The van der Waals surface area contributed by atoms with Crippen LogP contribution in [0.2, 0.25) is 0 Å². The van der Waals surface area contributed by atoms with Gasteiger partial charge in [0.15, 0.2) is 11.5 Å². The molecule has 196 valence electrons. The van der Waals surface area contributed by atoms with E-state index in [-0.39, 0.29) is 36.3 Å². The Bertz CT molecular complexity index is 1630. The summed E-state index contributed by atoms with van der Waals surface area (Å²) >= 11 is 0. The first kappa shape index (κ1) is 24.0. The van der Waals surface area contributed by atoms with Crippen LogP contribution in [0.4, 0.5) is 5.69 Å². The first-order chi connectivity index (χ1) is 18.2. The summed E-state index contributed by atoms with van der Waals surface area (Å²) < 4.78 is 9.46. The number of para-hydroxylation sites is 2. The van der Waals surface area contributed by atoms with Crippen LogP contribution in [-0.4, -0.2) is 37.5 Å². The third kappa shape index (κ3) is 3.00. The number of phenols is 1. The number of carbonyl (C=O) groups excluding carboxylic acids is 2. The van der Waals surface area contributed by atoms with E-state index in [4.69, 9.17) is 4.74 Å². The summed E-state index contributed by atoms with van der Waals surface area (Å²) in [6, 6.07) is 13.2. The maximum absolute atomic E-state index is 14.3. The van der Waals surface area contributed by atoms with Crippen molar-refractivity contribution >= 4 is 17.5 Å². The summed E-state index contributed by atoms with van der Waals surface area (Å²) in [5, 5.41) is 11.3. The molecule has 1 aliphatic carbocycles. The fraction of sp³-hybridized carbons (Fsp3) is 0.357. The number of hydrogen-bond acceptors (Lipinski definition) is 6. The molecule has 3 aromatic rings. The van der Waals surface area contributed by atoms with E-state index in [1.165, 1.54) is 21.3 Å². The average molecular weight is 517 g/mol. The van der Waals surface area contributed by atoms with E-state index in [0.717, 1.165) is 10.1 Å². The summed E-state index contributed by atoms with van der Waals surface area (Å²) in [7, 11) is 1.42. The van der Waals surface area contributed by atoms with Gasteiger partial charge in [0.05, 0.1) is 36.2 Å². The zero-order valence-corrected chi connectivity index (χ0v) is 21.3. The van der Waals surface area contributed by atoms with Crippen LogP contribution in [0.3, 0.4) is 0 Å². The number of nitrogens with zero attached hydrogens (tertiary/aromatic N) is 4. The van der Waals surface area contributed by atoms with Gasteiger partial charge in [0.1, 0.15) is 0 Å². The molecule has 2 fully saturated rings. The maximum atomic E-state index is 14.3. The zero-order chi connectivity index (χ0) is 26.9. The third-order valence-electron chi connectivity index (χ3n) is 8.38. The number of anilines is 1. The second kappa shape index (κ2) is 8.34. The first-order valence-corrected chi connectivity index (χ1v) is 12.7. The molecule has 3 aliphatic rings. The van der Waals surface area contributed by atoms with Crippen LogP contribution in [0, 0.1) is 11.3 Å². The van der Waals surface area contributed by atoms with Gasteiger partial charge >= 0.3 is 11.4 Å². The number of aromatic hydroxyl groups is 1. The molecule has 4 atom stereocenters. The molecular weight excluding hydrogens is 488 g/mol. The summed E-state index contributed by atoms with van der Waals surface area (Å²) in [6.45, 7) is 4.04. The molecule has 2 aromatic carbocycles. The predicted octanol–water partition coefficient (Wildman–Crippen LogP) is 2.32. The smallest absolute Gasteiger partial charge is 0.347 e. The molecule has 6 rings (SSSR count). The second-order valence-electron chi connectivity index (χ2n) is 10.2. The highest BCUT2D eigenvalue weighted by molar-refractivity contribution is 6.24. The number of carbonyl (C=O) groups is 2. The van der Waals surface area contributed by atoms with Crippen LogP contribution in [0.1, 0.15) is 37.8 Å². The Morgan fingerprint density at radius 1 is 1.03 bits per heavy atom. The predicted molar refractivity (Wildman–Crippen MR) is 138 cm³/mol. The lowest BCUT2D eigenvalue weighted by atomic mass is 9.56. The van der Waals surface area contributed by atoms with Gasteiger partial charge in [-0.25, -0.2) is 28.4 Å². The van der Waals surface area contributed by atoms with Crippen molar-refractivity contribution in [2.75, 3.05) is 11.5 Å². The number of ether oxygens (including phenoxy) is 1. The largest absolute Gasteiger partial charge is 0.504 e. The molecule has 0 unspecified atom stereocenters. The number of hydrogen-bond donors (Lipinski definition) is 1. The Morgan fingerprint density at radius 3 is 2.47 bits per heavy atom. The van der Waals surface area contributed by atoms with E-state index in [0.29, 0.717) is 17.9 Å². The van der Waals surface area contributed by atoms with Crippen LogP contribution in [0.5, 0.6) is 11.5 Å². The van der Waals surface area contributed by atoms with Gasteiger partial charge in [-0.3, -0.25) is 9.59 Å². The highest BCUT2D eigenvalue weighted by Crippen LogP contribution is 2.62. The quantitative estimate of drug-likeness (QED) is 0.420. The highest BCUT2D eigenvalue weighted by Gasteiger charge is 2.65. The molecule has 1 saturated carbocycles. The minimum atomic E-state index is -1.25. The van der Waals surface area contributed by atoms with Crippen LogP contribution in [0.15, 0.2) is 69.8 Å². The molecule has 2 amide bonds. The fourth-order valence-electron chi connectivity index (χ4n) is 6.60. The van der Waals surface area contributed by atoms with E-state index in [2.05, 4.69) is 0 Å². The summed E-state index contributed by atoms with van der Waals surface area (Å²) in [6.07, 6.45) is 2.02. The molecule has 1 aromatic heterocycles. The standard InChI is InChI=1S/C28H28N4O6/c1-4-38-21-12-8-11-18(23(21)33)22-17-13-14-30-26(36)29(3)27(37)32(30)20(17)15-19-24(34)31(25(35)28(19,22)2)16-9-6-5-7-10-16/h5-13,19-20,22,33H,4,14-15H2,1-3H3/t19-,20+,22+,28+/m0/s1. The Hall–Kier alpha value is -4.34. The van der Waals surface area contributed by atoms with Crippen LogP contribution < -0.4 is 21.0 Å². The lowest BCUT2D eigenvalue weighted by Gasteiger charge is -2.47. The second-order valence-corrected chi connectivity index (χ2v) is 10.2. The van der Waals surface area contributed by atoms with Crippen molar-refractivity contribution in [3.05, 3.63) is 86.7 Å². The summed E-state index contributed by atoms with van der Waals surface area (Å²) in [4.78, 5) is 55.4. The average Bonchev–Trinajstić information content (AvgIpc) is 3.26. The van der Waals surface area contributed by atoms with Gasteiger partial charge in [-0.15, -0.1) is 0 Å². The Balaban J connectivity index is 1.61.